The van der Waals surface area contributed by atoms with E-state index < -0.39 is 16.1 Å². The third kappa shape index (κ3) is 2.46. The first kappa shape index (κ1) is 16.7. The Morgan fingerprint density at radius 2 is 1.96 bits per heavy atom. The largest absolute Gasteiger partial charge is 0.388 e. The molecule has 3 atom stereocenters. The number of rotatable bonds is 2. The first-order valence-electron chi connectivity index (χ1n) is 8.90. The van der Waals surface area contributed by atoms with Crippen LogP contribution in [0.4, 0.5) is 0 Å². The Labute approximate surface area is 157 Å². The second kappa shape index (κ2) is 5.76. The maximum absolute atomic E-state index is 11.6. The standard InChI is InChI=1S/C20H19N3O3S/c21-27(25,26)13-6-8-14-12(9-13)5-7-17(20(14)24)19-16-4-2-1-3-15(16)18-10-22-11-23(18)19/h1-4,6,8-11,17,19-20,24H,5,7H2,(H2,21,25,26)/t17-,19?,20+/m0/s1. The molecule has 0 saturated carbocycles. The topological polar surface area (TPSA) is 98.2 Å². The number of aliphatic hydroxyl groups is 1. The summed E-state index contributed by atoms with van der Waals surface area (Å²) < 4.78 is 25.4. The van der Waals surface area contributed by atoms with Crippen molar-refractivity contribution in [1.82, 2.24) is 9.55 Å². The lowest BCUT2D eigenvalue weighted by molar-refractivity contribution is 0.0719. The molecule has 3 N–H and O–H groups in total. The van der Waals surface area contributed by atoms with Gasteiger partial charge in [0, 0.05) is 11.5 Å². The zero-order valence-electron chi connectivity index (χ0n) is 14.5. The van der Waals surface area contributed by atoms with Gasteiger partial charge in [-0.15, -0.1) is 0 Å². The summed E-state index contributed by atoms with van der Waals surface area (Å²) in [4.78, 5) is 4.39. The van der Waals surface area contributed by atoms with Gasteiger partial charge in [-0.3, -0.25) is 0 Å². The van der Waals surface area contributed by atoms with Crippen molar-refractivity contribution in [2.45, 2.75) is 29.9 Å². The average Bonchev–Trinajstić information content (AvgIpc) is 3.22. The fourth-order valence-electron chi connectivity index (χ4n) is 4.62. The fourth-order valence-corrected chi connectivity index (χ4v) is 5.18. The lowest BCUT2D eigenvalue weighted by atomic mass is 9.76. The third-order valence-electron chi connectivity index (χ3n) is 5.84. The van der Waals surface area contributed by atoms with Crippen LogP contribution in [-0.2, 0) is 16.4 Å². The number of imidazole rings is 1. The molecule has 6 nitrogen and oxygen atoms in total. The fraction of sp³-hybridized carbons (Fsp3) is 0.250. The van der Waals surface area contributed by atoms with Crippen molar-refractivity contribution in [2.24, 2.45) is 11.1 Å². The predicted molar refractivity (Wildman–Crippen MR) is 100 cm³/mol. The van der Waals surface area contributed by atoms with E-state index in [1.807, 2.05) is 24.7 Å². The summed E-state index contributed by atoms with van der Waals surface area (Å²) in [7, 11) is -3.75. The molecule has 0 saturated heterocycles. The summed E-state index contributed by atoms with van der Waals surface area (Å²) in [5.74, 6) is -0.0190. The molecule has 0 bridgehead atoms. The molecule has 1 aromatic heterocycles. The number of hydrogen-bond donors (Lipinski definition) is 2. The lowest BCUT2D eigenvalue weighted by Crippen LogP contribution is -2.29. The summed E-state index contributed by atoms with van der Waals surface area (Å²) in [6.07, 6.45) is 4.45. The third-order valence-corrected chi connectivity index (χ3v) is 6.75. The molecular weight excluding hydrogens is 362 g/mol. The van der Waals surface area contributed by atoms with Crippen LogP contribution in [0.2, 0.25) is 0 Å². The van der Waals surface area contributed by atoms with Crippen LogP contribution in [0.5, 0.6) is 0 Å². The van der Waals surface area contributed by atoms with Gasteiger partial charge in [-0.1, -0.05) is 30.3 Å². The Morgan fingerprint density at radius 1 is 1.15 bits per heavy atom. The number of benzene rings is 2. The zero-order valence-corrected chi connectivity index (χ0v) is 15.3. The number of sulfonamides is 1. The highest BCUT2D eigenvalue weighted by Crippen LogP contribution is 2.49. The Balaban J connectivity index is 1.57. The van der Waals surface area contributed by atoms with Gasteiger partial charge in [-0.05, 0) is 41.7 Å². The van der Waals surface area contributed by atoms with Crippen LogP contribution in [0, 0.1) is 5.92 Å². The zero-order chi connectivity index (χ0) is 18.8. The summed E-state index contributed by atoms with van der Waals surface area (Å²) in [5, 5.41) is 16.4. The van der Waals surface area contributed by atoms with E-state index in [-0.39, 0.29) is 16.9 Å². The predicted octanol–water partition coefficient (Wildman–Crippen LogP) is 2.40. The number of nitrogens with two attached hydrogens (primary N) is 1. The molecule has 27 heavy (non-hydrogen) atoms. The number of hydrogen-bond acceptors (Lipinski definition) is 4. The van der Waals surface area contributed by atoms with Gasteiger partial charge in [-0.2, -0.15) is 0 Å². The van der Waals surface area contributed by atoms with E-state index in [1.54, 1.807) is 12.1 Å². The first-order chi connectivity index (χ1) is 12.9. The molecule has 1 aliphatic heterocycles. The number of fused-ring (bicyclic) bond motifs is 4. The molecule has 0 fully saturated rings. The van der Waals surface area contributed by atoms with Crippen LogP contribution in [0.25, 0.3) is 11.3 Å². The van der Waals surface area contributed by atoms with Crippen molar-refractivity contribution < 1.29 is 13.5 Å². The van der Waals surface area contributed by atoms with Crippen LogP contribution in [0.15, 0.2) is 59.9 Å². The van der Waals surface area contributed by atoms with Crippen molar-refractivity contribution in [3.8, 4) is 11.3 Å². The van der Waals surface area contributed by atoms with E-state index in [9.17, 15) is 13.5 Å². The van der Waals surface area contributed by atoms with Crippen molar-refractivity contribution in [3.05, 3.63) is 71.7 Å². The quantitative estimate of drug-likeness (QED) is 0.712. The van der Waals surface area contributed by atoms with Gasteiger partial charge in [0.1, 0.15) is 0 Å². The molecule has 0 amide bonds. The molecule has 2 aromatic carbocycles. The SMILES string of the molecule is NS(=O)(=O)c1ccc2c(c1)CC[C@@H](C1c3ccccc3-c3cncn31)[C@@H]2O. The molecule has 2 heterocycles. The van der Waals surface area contributed by atoms with Gasteiger partial charge in [0.2, 0.25) is 10.0 Å². The van der Waals surface area contributed by atoms with Crippen LogP contribution >= 0.6 is 0 Å². The van der Waals surface area contributed by atoms with Crippen LogP contribution in [-0.4, -0.2) is 23.1 Å². The van der Waals surface area contributed by atoms with Gasteiger partial charge in [0.15, 0.2) is 0 Å². The van der Waals surface area contributed by atoms with Gasteiger partial charge in [0.05, 0.1) is 35.3 Å². The van der Waals surface area contributed by atoms with Crippen LogP contribution in [0.3, 0.4) is 0 Å². The maximum atomic E-state index is 11.6. The van der Waals surface area contributed by atoms with Gasteiger partial charge < -0.3 is 9.67 Å². The van der Waals surface area contributed by atoms with E-state index in [1.165, 1.54) is 11.6 Å². The highest BCUT2D eigenvalue weighted by atomic mass is 32.2. The van der Waals surface area contributed by atoms with Gasteiger partial charge >= 0.3 is 0 Å². The number of nitrogens with zero attached hydrogens (tertiary/aromatic N) is 2. The Kier molecular flexibility index (Phi) is 3.56. The summed E-state index contributed by atoms with van der Waals surface area (Å²) in [6, 6.07) is 13.0. The first-order valence-corrected chi connectivity index (χ1v) is 10.4. The molecule has 138 valence electrons. The van der Waals surface area contributed by atoms with E-state index >= 15 is 0 Å². The molecule has 1 unspecified atom stereocenters. The van der Waals surface area contributed by atoms with Crippen molar-refractivity contribution in [1.29, 1.82) is 0 Å². The van der Waals surface area contributed by atoms with Crippen molar-refractivity contribution >= 4 is 10.0 Å². The van der Waals surface area contributed by atoms with E-state index in [0.29, 0.717) is 6.42 Å². The summed E-state index contributed by atoms with van der Waals surface area (Å²) in [5.41, 5.74) is 5.05. The highest BCUT2D eigenvalue weighted by molar-refractivity contribution is 7.89. The molecular formula is C20H19N3O3S. The number of aryl methyl sites for hydroxylation is 1. The molecule has 0 spiro atoms. The molecule has 1 aliphatic carbocycles. The molecule has 5 rings (SSSR count). The molecule has 7 heteroatoms. The highest BCUT2D eigenvalue weighted by Gasteiger charge is 2.40. The second-order valence-corrected chi connectivity index (χ2v) is 8.83. The summed E-state index contributed by atoms with van der Waals surface area (Å²) >= 11 is 0. The second-order valence-electron chi connectivity index (χ2n) is 7.27. The minimum Gasteiger partial charge on any atom is -0.388 e. The number of primary sulfonamides is 1. The van der Waals surface area contributed by atoms with E-state index in [0.717, 1.165) is 28.8 Å². The van der Waals surface area contributed by atoms with Crippen LogP contribution < -0.4 is 5.14 Å². The Hall–Kier alpha value is -2.48. The summed E-state index contributed by atoms with van der Waals surface area (Å²) in [6.45, 7) is 0. The monoisotopic (exact) mass is 381 g/mol. The van der Waals surface area contributed by atoms with E-state index in [2.05, 4.69) is 21.7 Å². The molecule has 0 radical (unpaired) electrons. The minimum atomic E-state index is -3.75. The normalized spacial score (nSPS) is 23.6. The maximum Gasteiger partial charge on any atom is 0.238 e. The smallest absolute Gasteiger partial charge is 0.238 e. The average molecular weight is 381 g/mol. The lowest BCUT2D eigenvalue weighted by Gasteiger charge is -2.35. The Morgan fingerprint density at radius 3 is 2.78 bits per heavy atom. The van der Waals surface area contributed by atoms with Gasteiger partial charge in [0.25, 0.3) is 0 Å². The minimum absolute atomic E-state index is 0.0137. The van der Waals surface area contributed by atoms with Gasteiger partial charge in [-0.25, -0.2) is 18.5 Å². The van der Waals surface area contributed by atoms with E-state index in [4.69, 9.17) is 5.14 Å². The van der Waals surface area contributed by atoms with Crippen molar-refractivity contribution in [3.63, 3.8) is 0 Å². The number of aromatic nitrogens is 2. The van der Waals surface area contributed by atoms with Crippen molar-refractivity contribution in [2.75, 3.05) is 0 Å². The Bertz CT molecular complexity index is 1150. The number of aliphatic hydroxyl groups excluding tert-OH is 1. The molecule has 2 aliphatic rings. The molecule has 3 aromatic rings. The van der Waals surface area contributed by atoms with Crippen LogP contribution in [0.1, 0.15) is 35.3 Å².